The first-order valence-corrected chi connectivity index (χ1v) is 13.4. The van der Waals surface area contributed by atoms with Gasteiger partial charge in [0.05, 0.1) is 5.56 Å². The van der Waals surface area contributed by atoms with Crippen LogP contribution in [-0.4, -0.2) is 17.4 Å². The van der Waals surface area contributed by atoms with Gasteiger partial charge in [-0.15, -0.1) is 11.3 Å². The molecule has 0 saturated heterocycles. The molecule has 1 N–H and O–H groups in total. The van der Waals surface area contributed by atoms with Gasteiger partial charge < -0.3 is 0 Å². The molecule has 2 heterocycles. The molecule has 2 aliphatic rings. The molecule has 0 spiro atoms. The number of amides is 1. The van der Waals surface area contributed by atoms with Crippen molar-refractivity contribution in [3.05, 3.63) is 16.0 Å². The molecule has 3 rings (SSSR count). The minimum atomic E-state index is -2.08. The van der Waals surface area contributed by atoms with Crippen LogP contribution in [0.15, 0.2) is 0 Å². The van der Waals surface area contributed by atoms with Crippen molar-refractivity contribution in [2.24, 2.45) is 0 Å². The van der Waals surface area contributed by atoms with Gasteiger partial charge in [-0.3, -0.25) is 14.0 Å². The molecule has 1 aliphatic heterocycles. The maximum atomic E-state index is 12.7. The zero-order chi connectivity index (χ0) is 15.0. The first-order valence-electron chi connectivity index (χ1n) is 7.26. The largest absolute Gasteiger partial charge is 0.300 e. The number of nitrogens with one attached hydrogen (secondary N) is 1. The van der Waals surface area contributed by atoms with Crippen molar-refractivity contribution >= 4 is 62.9 Å². The van der Waals surface area contributed by atoms with Crippen molar-refractivity contribution in [1.29, 1.82) is 0 Å². The van der Waals surface area contributed by atoms with Crippen molar-refractivity contribution in [3.8, 4) is 0 Å². The normalized spacial score (nSPS) is 24.5. The van der Waals surface area contributed by atoms with E-state index >= 15 is 0 Å². The van der Waals surface area contributed by atoms with E-state index in [1.165, 1.54) is 23.3 Å². The molecule has 0 aromatic carbocycles. The molecular formula is C13H19N2OPS4. The minimum Gasteiger partial charge on any atom is -0.300 e. The van der Waals surface area contributed by atoms with Crippen molar-refractivity contribution in [3.63, 3.8) is 0 Å². The molecule has 116 valence electrons. The number of hydrogen-bond acceptors (Lipinski definition) is 5. The second-order valence-electron chi connectivity index (χ2n) is 4.96. The van der Waals surface area contributed by atoms with Crippen molar-refractivity contribution in [2.75, 3.05) is 15.6 Å². The number of hydrogen-bond donors (Lipinski definition) is 1. The van der Waals surface area contributed by atoms with E-state index in [0.29, 0.717) is 0 Å². The SMILES string of the molecule is CCSN1c2sc3c(c2C(=O)N[P@]1(=S)SCC)CCCC3. The summed E-state index contributed by atoms with van der Waals surface area (Å²) in [4.78, 5) is 14.1. The van der Waals surface area contributed by atoms with E-state index in [1.807, 2.05) is 11.3 Å². The highest BCUT2D eigenvalue weighted by atomic mass is 32.9. The third-order valence-corrected chi connectivity index (χ3v) is 13.6. The summed E-state index contributed by atoms with van der Waals surface area (Å²) in [6.45, 7) is 4.25. The number of nitrogens with zero attached hydrogens (tertiary/aromatic N) is 1. The van der Waals surface area contributed by atoms with Gasteiger partial charge in [0.25, 0.3) is 5.91 Å². The van der Waals surface area contributed by atoms with Crippen LogP contribution in [0.25, 0.3) is 0 Å². The Balaban J connectivity index is 2.11. The number of thiophene rings is 1. The first-order chi connectivity index (χ1) is 10.1. The Morgan fingerprint density at radius 1 is 1.33 bits per heavy atom. The predicted molar refractivity (Wildman–Crippen MR) is 101 cm³/mol. The summed E-state index contributed by atoms with van der Waals surface area (Å²) < 4.78 is 2.27. The van der Waals surface area contributed by atoms with Gasteiger partial charge in [0.2, 0.25) is 0 Å². The van der Waals surface area contributed by atoms with Crippen LogP contribution in [0.3, 0.4) is 0 Å². The summed E-state index contributed by atoms with van der Waals surface area (Å²) in [6.07, 6.45) is 4.60. The summed E-state index contributed by atoms with van der Waals surface area (Å²) >= 11 is 11.2. The Hall–Kier alpha value is 0.320. The first kappa shape index (κ1) is 16.2. The molecule has 1 aliphatic carbocycles. The van der Waals surface area contributed by atoms with Crippen LogP contribution < -0.4 is 9.16 Å². The van der Waals surface area contributed by atoms with E-state index in [0.717, 1.165) is 34.9 Å². The van der Waals surface area contributed by atoms with Gasteiger partial charge in [-0.25, -0.2) is 0 Å². The summed E-state index contributed by atoms with van der Waals surface area (Å²) in [6, 6.07) is 0. The average molecular weight is 379 g/mol. The fourth-order valence-electron chi connectivity index (χ4n) is 2.79. The number of carbonyl (C=O) groups excluding carboxylic acids is 1. The van der Waals surface area contributed by atoms with Crippen LogP contribution >= 0.6 is 40.2 Å². The fraction of sp³-hybridized carbons (Fsp3) is 0.615. The molecule has 0 saturated carbocycles. The number of fused-ring (bicyclic) bond motifs is 3. The summed E-state index contributed by atoms with van der Waals surface area (Å²) in [5.41, 5.74) is 0.140. The topological polar surface area (TPSA) is 32.3 Å². The van der Waals surface area contributed by atoms with Crippen molar-refractivity contribution < 1.29 is 4.79 Å². The van der Waals surface area contributed by atoms with E-state index < -0.39 is 5.54 Å². The van der Waals surface area contributed by atoms with E-state index in [2.05, 4.69) is 23.0 Å². The van der Waals surface area contributed by atoms with Gasteiger partial charge >= 0.3 is 0 Å². The Bertz CT molecular complexity index is 616. The van der Waals surface area contributed by atoms with Crippen molar-refractivity contribution in [2.45, 2.75) is 39.5 Å². The lowest BCUT2D eigenvalue weighted by Crippen LogP contribution is -2.33. The third kappa shape index (κ3) is 2.80. The maximum absolute atomic E-state index is 12.7. The monoisotopic (exact) mass is 378 g/mol. The molecule has 0 unspecified atom stereocenters. The van der Waals surface area contributed by atoms with Gasteiger partial charge in [-0.2, -0.15) is 0 Å². The second kappa shape index (κ2) is 6.44. The van der Waals surface area contributed by atoms with E-state index in [4.69, 9.17) is 11.8 Å². The highest BCUT2D eigenvalue weighted by Crippen LogP contribution is 2.67. The molecule has 1 atom stereocenters. The van der Waals surface area contributed by atoms with E-state index in [-0.39, 0.29) is 5.91 Å². The standard InChI is InChI=1S/C13H19N2OPS4/c1-3-19-15-13-11(9-7-5-6-8-10(9)21-13)12(16)14-17(15,18)20-4-2/h3-8H2,1-2H3,(H,14,16,18)/t17-/m0/s1. The maximum Gasteiger partial charge on any atom is 0.260 e. The minimum absolute atomic E-state index is 0.0710. The Labute approximate surface area is 143 Å². The predicted octanol–water partition coefficient (Wildman–Crippen LogP) is 4.82. The number of rotatable bonds is 4. The van der Waals surface area contributed by atoms with Crippen LogP contribution in [0, 0.1) is 0 Å². The van der Waals surface area contributed by atoms with Crippen molar-refractivity contribution in [1.82, 2.24) is 5.09 Å². The molecule has 21 heavy (non-hydrogen) atoms. The lowest BCUT2D eigenvalue weighted by Gasteiger charge is -2.38. The highest BCUT2D eigenvalue weighted by molar-refractivity contribution is 8.72. The Morgan fingerprint density at radius 2 is 2.10 bits per heavy atom. The quantitative estimate of drug-likeness (QED) is 0.600. The molecule has 0 radical (unpaired) electrons. The number of carbonyl (C=O) groups is 1. The number of anilines is 1. The summed E-state index contributed by atoms with van der Waals surface area (Å²) in [5, 5.41) is 4.31. The fourth-order valence-corrected chi connectivity index (χ4v) is 12.7. The molecule has 1 amide bonds. The van der Waals surface area contributed by atoms with Crippen LogP contribution in [0.5, 0.6) is 0 Å². The van der Waals surface area contributed by atoms with E-state index in [9.17, 15) is 4.79 Å². The van der Waals surface area contributed by atoms with Gasteiger partial charge in [-0.1, -0.05) is 25.2 Å². The zero-order valence-electron chi connectivity index (χ0n) is 12.2. The van der Waals surface area contributed by atoms with Gasteiger partial charge in [0, 0.05) is 10.6 Å². The lowest BCUT2D eigenvalue weighted by atomic mass is 9.95. The van der Waals surface area contributed by atoms with Crippen LogP contribution in [-0.2, 0) is 24.6 Å². The summed E-state index contributed by atoms with van der Waals surface area (Å²) in [5.74, 6) is 1.97. The zero-order valence-corrected chi connectivity index (χ0v) is 16.3. The molecule has 8 heteroatoms. The van der Waals surface area contributed by atoms with Crippen LogP contribution in [0.4, 0.5) is 5.00 Å². The number of aryl methyl sites for hydroxylation is 1. The van der Waals surface area contributed by atoms with Gasteiger partial charge in [0.1, 0.15) is 5.00 Å². The average Bonchev–Trinajstić information content (AvgIpc) is 2.83. The second-order valence-corrected chi connectivity index (χ2v) is 14.7. The van der Waals surface area contributed by atoms with Gasteiger partial charge in [-0.05, 0) is 60.8 Å². The molecule has 1 aromatic heterocycles. The molecule has 1 aromatic rings. The molecular weight excluding hydrogens is 359 g/mol. The third-order valence-electron chi connectivity index (χ3n) is 3.59. The Kier molecular flexibility index (Phi) is 4.96. The van der Waals surface area contributed by atoms with Gasteiger partial charge in [0.15, 0.2) is 5.54 Å². The lowest BCUT2D eigenvalue weighted by molar-refractivity contribution is 0.0981. The smallest absolute Gasteiger partial charge is 0.260 e. The molecule has 3 nitrogen and oxygen atoms in total. The molecule has 0 fully saturated rings. The van der Waals surface area contributed by atoms with E-state index in [1.54, 1.807) is 23.3 Å². The van der Waals surface area contributed by atoms with Crippen LogP contribution in [0.1, 0.15) is 47.5 Å². The summed E-state index contributed by atoms with van der Waals surface area (Å²) in [7, 11) is 0. The Morgan fingerprint density at radius 3 is 2.81 bits per heavy atom. The van der Waals surface area contributed by atoms with Crippen LogP contribution in [0.2, 0.25) is 0 Å². The highest BCUT2D eigenvalue weighted by Gasteiger charge is 2.41. The molecule has 0 bridgehead atoms.